The van der Waals surface area contributed by atoms with Crippen molar-refractivity contribution in [3.63, 3.8) is 0 Å². The molecule has 7 nitrogen and oxygen atoms in total. The van der Waals surface area contributed by atoms with Gasteiger partial charge in [-0.05, 0) is 37.3 Å². The van der Waals surface area contributed by atoms with E-state index < -0.39 is 0 Å². The minimum absolute atomic E-state index is 0. The lowest BCUT2D eigenvalue weighted by Gasteiger charge is -2.21. The predicted molar refractivity (Wildman–Crippen MR) is 143 cm³/mol. The Kier molecular flexibility index (Phi) is 12.9. The first-order valence-corrected chi connectivity index (χ1v) is 11.1. The molecule has 176 valence electrons. The quantitative estimate of drug-likeness (QED) is 0.148. The van der Waals surface area contributed by atoms with Crippen LogP contribution in [0.15, 0.2) is 58.4 Å². The number of amides is 1. The summed E-state index contributed by atoms with van der Waals surface area (Å²) < 4.78 is 10.9. The summed E-state index contributed by atoms with van der Waals surface area (Å²) in [7, 11) is 6.72. The van der Waals surface area contributed by atoms with Crippen LogP contribution in [0.1, 0.15) is 18.5 Å². The molecule has 2 aromatic rings. The topological polar surface area (TPSA) is 75.2 Å². The Morgan fingerprint density at radius 3 is 2.47 bits per heavy atom. The summed E-state index contributed by atoms with van der Waals surface area (Å²) in [5.41, 5.74) is 0.939. The van der Waals surface area contributed by atoms with Crippen molar-refractivity contribution in [1.29, 1.82) is 0 Å². The molecule has 0 radical (unpaired) electrons. The zero-order chi connectivity index (χ0) is 22.6. The van der Waals surface area contributed by atoms with Gasteiger partial charge in [-0.2, -0.15) is 0 Å². The summed E-state index contributed by atoms with van der Waals surface area (Å²) in [4.78, 5) is 19.2. The highest BCUT2D eigenvalue weighted by molar-refractivity contribution is 14.0. The Labute approximate surface area is 212 Å². The summed E-state index contributed by atoms with van der Waals surface area (Å²) >= 11 is 1.76. The van der Waals surface area contributed by atoms with Crippen LogP contribution in [0, 0.1) is 0 Å². The number of hydrogen-bond acceptors (Lipinski definition) is 5. The Morgan fingerprint density at radius 2 is 1.84 bits per heavy atom. The molecule has 0 fully saturated rings. The first kappa shape index (κ1) is 27.9. The smallest absolute Gasteiger partial charge is 0.243 e. The number of methoxy groups -OCH3 is 2. The minimum atomic E-state index is -0.118. The molecule has 9 heteroatoms. The van der Waals surface area contributed by atoms with Gasteiger partial charge in [0.1, 0.15) is 18.0 Å². The van der Waals surface area contributed by atoms with Crippen molar-refractivity contribution in [3.05, 3.63) is 54.1 Å². The number of halogens is 1. The molecule has 2 N–H and O–H groups in total. The number of benzene rings is 2. The van der Waals surface area contributed by atoms with Gasteiger partial charge in [0.15, 0.2) is 5.96 Å². The highest BCUT2D eigenvalue weighted by Gasteiger charge is 2.15. The summed E-state index contributed by atoms with van der Waals surface area (Å²) in [6.45, 7) is 2.78. The normalized spacial score (nSPS) is 11.7. The summed E-state index contributed by atoms with van der Waals surface area (Å²) in [5, 5.41) is 6.70. The Morgan fingerprint density at radius 1 is 1.12 bits per heavy atom. The minimum Gasteiger partial charge on any atom is -0.497 e. The van der Waals surface area contributed by atoms with E-state index in [2.05, 4.69) is 27.8 Å². The SMILES string of the molecule is COc1ccc(OC)c(C(C)NC(=NCC(=O)N(C)C)NCCSc2ccccc2)c1.I. The van der Waals surface area contributed by atoms with Crippen LogP contribution < -0.4 is 20.1 Å². The van der Waals surface area contributed by atoms with E-state index in [4.69, 9.17) is 9.47 Å². The summed E-state index contributed by atoms with van der Waals surface area (Å²) in [6.07, 6.45) is 0. The lowest BCUT2D eigenvalue weighted by Crippen LogP contribution is -2.40. The predicted octanol–water partition coefficient (Wildman–Crippen LogP) is 3.80. The van der Waals surface area contributed by atoms with E-state index in [0.29, 0.717) is 12.5 Å². The average Bonchev–Trinajstić information content (AvgIpc) is 2.79. The fourth-order valence-electron chi connectivity index (χ4n) is 2.76. The van der Waals surface area contributed by atoms with E-state index in [-0.39, 0.29) is 42.5 Å². The van der Waals surface area contributed by atoms with E-state index in [9.17, 15) is 4.79 Å². The molecule has 0 saturated carbocycles. The molecule has 0 aromatic heterocycles. The van der Waals surface area contributed by atoms with Gasteiger partial charge in [-0.15, -0.1) is 35.7 Å². The van der Waals surface area contributed by atoms with Crippen LogP contribution in [0.5, 0.6) is 11.5 Å². The van der Waals surface area contributed by atoms with Crippen molar-refractivity contribution in [2.45, 2.75) is 17.9 Å². The van der Waals surface area contributed by atoms with E-state index >= 15 is 0 Å². The van der Waals surface area contributed by atoms with Gasteiger partial charge in [0.05, 0.1) is 20.3 Å². The third-order valence-electron chi connectivity index (χ3n) is 4.53. The zero-order valence-corrected chi connectivity index (χ0v) is 22.4. The van der Waals surface area contributed by atoms with Gasteiger partial charge in [-0.3, -0.25) is 4.79 Å². The number of nitrogens with one attached hydrogen (secondary N) is 2. The van der Waals surface area contributed by atoms with Crippen LogP contribution in [0.3, 0.4) is 0 Å². The second-order valence-corrected chi connectivity index (χ2v) is 8.18. The maximum absolute atomic E-state index is 12.0. The average molecular weight is 573 g/mol. The monoisotopic (exact) mass is 572 g/mol. The van der Waals surface area contributed by atoms with E-state index in [1.807, 2.05) is 43.3 Å². The van der Waals surface area contributed by atoms with Crippen molar-refractivity contribution < 1.29 is 14.3 Å². The Balaban J connectivity index is 0.00000512. The maximum atomic E-state index is 12.0. The number of nitrogens with zero attached hydrogens (tertiary/aromatic N) is 2. The first-order valence-electron chi connectivity index (χ1n) is 10.1. The molecule has 32 heavy (non-hydrogen) atoms. The summed E-state index contributed by atoms with van der Waals surface area (Å²) in [5.74, 6) is 2.87. The van der Waals surface area contributed by atoms with Gasteiger partial charge in [0, 0.05) is 36.9 Å². The number of hydrogen-bond donors (Lipinski definition) is 2. The molecule has 2 aromatic carbocycles. The van der Waals surface area contributed by atoms with Crippen molar-refractivity contribution in [1.82, 2.24) is 15.5 Å². The van der Waals surface area contributed by atoms with Gasteiger partial charge >= 0.3 is 0 Å². The fourth-order valence-corrected chi connectivity index (χ4v) is 3.55. The number of aliphatic imine (C=N–C) groups is 1. The number of ether oxygens (including phenoxy) is 2. The van der Waals surface area contributed by atoms with Gasteiger partial charge in [-0.1, -0.05) is 18.2 Å². The van der Waals surface area contributed by atoms with Gasteiger partial charge in [0.2, 0.25) is 5.91 Å². The molecule has 0 saturated heterocycles. The van der Waals surface area contributed by atoms with Crippen LogP contribution in [0.2, 0.25) is 0 Å². The molecular weight excluding hydrogens is 539 g/mol. The van der Waals surface area contributed by atoms with Crippen LogP contribution in [0.4, 0.5) is 0 Å². The molecule has 1 amide bonds. The third-order valence-corrected chi connectivity index (χ3v) is 5.55. The molecule has 0 spiro atoms. The van der Waals surface area contributed by atoms with Crippen molar-refractivity contribution in [3.8, 4) is 11.5 Å². The number of guanidine groups is 1. The molecule has 0 bridgehead atoms. The standard InChI is InChI=1S/C23H32N4O3S.HI/c1-17(20-15-18(29-4)11-12-21(20)30-5)26-23(25-16-22(28)27(2)3)24-13-14-31-19-9-7-6-8-10-19;/h6-12,15,17H,13-14,16H2,1-5H3,(H2,24,25,26);1H. The largest absolute Gasteiger partial charge is 0.497 e. The van der Waals surface area contributed by atoms with E-state index in [0.717, 1.165) is 22.8 Å². The zero-order valence-electron chi connectivity index (χ0n) is 19.3. The highest BCUT2D eigenvalue weighted by Crippen LogP contribution is 2.29. The van der Waals surface area contributed by atoms with E-state index in [1.54, 1.807) is 40.1 Å². The number of carbonyl (C=O) groups excluding carboxylic acids is 1. The second kappa shape index (κ2) is 14.8. The highest BCUT2D eigenvalue weighted by atomic mass is 127. The number of carbonyl (C=O) groups is 1. The summed E-state index contributed by atoms with van der Waals surface area (Å²) in [6, 6.07) is 15.8. The molecule has 0 aliphatic heterocycles. The number of likely N-dealkylation sites (N-methyl/N-ethyl adjacent to an activating group) is 1. The number of rotatable bonds is 10. The molecule has 0 aliphatic rings. The fraction of sp³-hybridized carbons (Fsp3) is 0.391. The molecule has 0 aliphatic carbocycles. The van der Waals surface area contributed by atoms with Crippen LogP contribution in [-0.4, -0.2) is 63.9 Å². The van der Waals surface area contributed by atoms with Crippen molar-refractivity contribution >= 4 is 47.6 Å². The Bertz CT molecular complexity index is 866. The van der Waals surface area contributed by atoms with Gasteiger partial charge in [-0.25, -0.2) is 4.99 Å². The third kappa shape index (κ3) is 9.15. The molecule has 1 atom stereocenters. The lowest BCUT2D eigenvalue weighted by molar-refractivity contribution is -0.127. The molecular formula is C23H33IN4O3S. The van der Waals surface area contributed by atoms with Gasteiger partial charge < -0.3 is 25.0 Å². The van der Waals surface area contributed by atoms with Gasteiger partial charge in [0.25, 0.3) is 0 Å². The second-order valence-electron chi connectivity index (χ2n) is 7.02. The van der Waals surface area contributed by atoms with E-state index in [1.165, 1.54) is 9.80 Å². The molecule has 1 unspecified atom stereocenters. The first-order chi connectivity index (χ1) is 14.9. The lowest BCUT2D eigenvalue weighted by atomic mass is 10.1. The maximum Gasteiger partial charge on any atom is 0.243 e. The number of thioether (sulfide) groups is 1. The Hall–Kier alpha value is -2.14. The van der Waals surface area contributed by atoms with Crippen molar-refractivity contribution in [2.75, 3.05) is 47.2 Å². The molecule has 0 heterocycles. The van der Waals surface area contributed by atoms with Crippen LogP contribution >= 0.6 is 35.7 Å². The van der Waals surface area contributed by atoms with Crippen LogP contribution in [-0.2, 0) is 4.79 Å². The molecule has 2 rings (SSSR count). The van der Waals surface area contributed by atoms with Crippen molar-refractivity contribution in [2.24, 2.45) is 4.99 Å². The van der Waals surface area contributed by atoms with Crippen LogP contribution in [0.25, 0.3) is 0 Å².